The molecule has 0 saturated heterocycles. The number of carbonyl (C=O) groups is 1. The number of benzene rings is 3. The highest BCUT2D eigenvalue weighted by atomic mass is 32.2. The van der Waals surface area contributed by atoms with E-state index in [-0.39, 0.29) is 16.6 Å². The fourth-order valence-corrected chi connectivity index (χ4v) is 6.15. The van der Waals surface area contributed by atoms with Gasteiger partial charge < -0.3 is 14.8 Å². The van der Waals surface area contributed by atoms with Crippen molar-refractivity contribution in [3.63, 3.8) is 0 Å². The van der Waals surface area contributed by atoms with Crippen molar-refractivity contribution in [1.82, 2.24) is 5.32 Å². The lowest BCUT2D eigenvalue weighted by molar-refractivity contribution is -0.121. The van der Waals surface area contributed by atoms with Gasteiger partial charge in [0.15, 0.2) is 0 Å². The lowest BCUT2D eigenvalue weighted by Gasteiger charge is -2.41. The zero-order chi connectivity index (χ0) is 27.3. The number of nitrogens with zero attached hydrogens (tertiary/aromatic N) is 1. The van der Waals surface area contributed by atoms with Crippen molar-refractivity contribution in [2.75, 3.05) is 17.5 Å². The van der Waals surface area contributed by atoms with Crippen LogP contribution in [0, 0.1) is 5.82 Å². The summed E-state index contributed by atoms with van der Waals surface area (Å²) in [6, 6.07) is 18.2. The third-order valence-corrected chi connectivity index (χ3v) is 8.73. The topological polar surface area (TPSA) is 84.9 Å². The van der Waals surface area contributed by atoms with Crippen LogP contribution in [0.5, 0.6) is 11.5 Å². The number of ether oxygens (including phenoxy) is 2. The number of hydrogen-bond acceptors (Lipinski definition) is 5. The van der Waals surface area contributed by atoms with Crippen LogP contribution < -0.4 is 19.1 Å². The van der Waals surface area contributed by atoms with E-state index in [1.54, 1.807) is 12.1 Å². The summed E-state index contributed by atoms with van der Waals surface area (Å²) < 4.78 is 53.8. The molecule has 38 heavy (non-hydrogen) atoms. The molecule has 1 amide bonds. The standard InChI is InChI=1S/C29H33FN2O5S/c1-4-29(5-2)19-26(25-9-7-8-10-27(25)37-29)31-28(33)20-32(22-13-11-21(30)12-14-22)38(34,35)24-17-15-23(16-18-24)36-6-3/h7-18,26H,4-6,19-20H2,1-3H3,(H,31,33). The van der Waals surface area contributed by atoms with E-state index in [0.29, 0.717) is 24.5 Å². The molecule has 1 atom stereocenters. The smallest absolute Gasteiger partial charge is 0.264 e. The minimum atomic E-state index is -4.16. The highest BCUT2D eigenvalue weighted by Gasteiger charge is 2.39. The molecule has 1 heterocycles. The van der Waals surface area contributed by atoms with E-state index in [0.717, 1.165) is 22.7 Å². The van der Waals surface area contributed by atoms with Crippen LogP contribution >= 0.6 is 0 Å². The van der Waals surface area contributed by atoms with Gasteiger partial charge in [0.05, 0.1) is 23.2 Å². The molecular weight excluding hydrogens is 507 g/mol. The van der Waals surface area contributed by atoms with Gasteiger partial charge in [0.1, 0.15) is 29.5 Å². The maximum absolute atomic E-state index is 13.7. The summed E-state index contributed by atoms with van der Waals surface area (Å²) in [7, 11) is -4.16. The summed E-state index contributed by atoms with van der Waals surface area (Å²) in [5.41, 5.74) is 0.595. The van der Waals surface area contributed by atoms with Crippen molar-refractivity contribution in [3.05, 3.63) is 84.2 Å². The molecular formula is C29H33FN2O5S. The van der Waals surface area contributed by atoms with Gasteiger partial charge in [-0.15, -0.1) is 0 Å². The minimum Gasteiger partial charge on any atom is -0.494 e. The molecule has 0 radical (unpaired) electrons. The maximum Gasteiger partial charge on any atom is 0.264 e. The van der Waals surface area contributed by atoms with Gasteiger partial charge in [-0.2, -0.15) is 0 Å². The van der Waals surface area contributed by atoms with Crippen LogP contribution in [-0.2, 0) is 14.8 Å². The Morgan fingerprint density at radius 1 is 1.03 bits per heavy atom. The van der Waals surface area contributed by atoms with Gasteiger partial charge in [-0.05, 0) is 74.4 Å². The Balaban J connectivity index is 1.64. The highest BCUT2D eigenvalue weighted by Crippen LogP contribution is 2.42. The second-order valence-electron chi connectivity index (χ2n) is 9.25. The molecule has 0 fully saturated rings. The first-order chi connectivity index (χ1) is 18.2. The number of carbonyl (C=O) groups excluding carboxylic acids is 1. The van der Waals surface area contributed by atoms with Crippen molar-refractivity contribution in [3.8, 4) is 11.5 Å². The van der Waals surface area contributed by atoms with Crippen LogP contribution in [0.25, 0.3) is 0 Å². The average Bonchev–Trinajstić information content (AvgIpc) is 2.92. The van der Waals surface area contributed by atoms with Gasteiger partial charge in [0.2, 0.25) is 5.91 Å². The van der Waals surface area contributed by atoms with Crippen LogP contribution in [0.3, 0.4) is 0 Å². The molecule has 9 heteroatoms. The molecule has 202 valence electrons. The van der Waals surface area contributed by atoms with Crippen LogP contribution in [0.2, 0.25) is 0 Å². The minimum absolute atomic E-state index is 0.00882. The van der Waals surface area contributed by atoms with E-state index < -0.39 is 33.9 Å². The van der Waals surface area contributed by atoms with E-state index in [1.807, 2.05) is 31.2 Å². The monoisotopic (exact) mass is 540 g/mol. The molecule has 1 aliphatic rings. The molecule has 1 unspecified atom stereocenters. The molecule has 0 aliphatic carbocycles. The predicted molar refractivity (Wildman–Crippen MR) is 144 cm³/mol. The van der Waals surface area contributed by atoms with Gasteiger partial charge in [0, 0.05) is 12.0 Å². The Hall–Kier alpha value is -3.59. The second kappa shape index (κ2) is 11.4. The summed E-state index contributed by atoms with van der Waals surface area (Å²) in [5.74, 6) is 0.258. The summed E-state index contributed by atoms with van der Waals surface area (Å²) in [6.07, 6.45) is 2.08. The number of rotatable bonds is 10. The van der Waals surface area contributed by atoms with Crippen LogP contribution in [0.15, 0.2) is 77.7 Å². The number of halogens is 1. The summed E-state index contributed by atoms with van der Waals surface area (Å²) in [6.45, 7) is 5.90. The van der Waals surface area contributed by atoms with Gasteiger partial charge in [0.25, 0.3) is 10.0 Å². The zero-order valence-electron chi connectivity index (χ0n) is 21.8. The van der Waals surface area contributed by atoms with Crippen LogP contribution in [-0.4, -0.2) is 33.1 Å². The molecule has 0 bridgehead atoms. The van der Waals surface area contributed by atoms with Crippen molar-refractivity contribution < 1.29 is 27.1 Å². The van der Waals surface area contributed by atoms with Crippen molar-refractivity contribution in [2.45, 2.75) is 56.6 Å². The van der Waals surface area contributed by atoms with Crippen molar-refractivity contribution in [1.29, 1.82) is 0 Å². The third-order valence-electron chi connectivity index (χ3n) is 6.95. The van der Waals surface area contributed by atoms with E-state index in [1.165, 1.54) is 36.4 Å². The Morgan fingerprint density at radius 2 is 1.68 bits per heavy atom. The molecule has 0 aromatic heterocycles. The van der Waals surface area contributed by atoms with Gasteiger partial charge in [-0.25, -0.2) is 12.8 Å². The number of sulfonamides is 1. The Bertz CT molecular complexity index is 1360. The molecule has 1 aliphatic heterocycles. The number of para-hydroxylation sites is 1. The molecule has 0 saturated carbocycles. The van der Waals surface area contributed by atoms with E-state index >= 15 is 0 Å². The Labute approximate surface area is 223 Å². The molecule has 4 rings (SSSR count). The summed E-state index contributed by atoms with van der Waals surface area (Å²) in [4.78, 5) is 13.4. The van der Waals surface area contributed by atoms with E-state index in [2.05, 4.69) is 19.2 Å². The first-order valence-corrected chi connectivity index (χ1v) is 14.2. The molecule has 3 aromatic carbocycles. The van der Waals surface area contributed by atoms with Gasteiger partial charge in [-0.1, -0.05) is 32.0 Å². The lowest BCUT2D eigenvalue weighted by atomic mass is 9.83. The average molecular weight is 541 g/mol. The first kappa shape index (κ1) is 27.4. The van der Waals surface area contributed by atoms with Crippen LogP contribution in [0.4, 0.5) is 10.1 Å². The SMILES string of the molecule is CCOc1ccc(S(=O)(=O)N(CC(=O)NC2CC(CC)(CC)Oc3ccccc32)c2ccc(F)cc2)cc1. The number of amides is 1. The fourth-order valence-electron chi connectivity index (χ4n) is 4.72. The Kier molecular flexibility index (Phi) is 8.26. The van der Waals surface area contributed by atoms with E-state index in [9.17, 15) is 17.6 Å². The number of hydrogen-bond donors (Lipinski definition) is 1. The number of fused-ring (bicyclic) bond motifs is 1. The second-order valence-corrected chi connectivity index (χ2v) is 11.1. The number of nitrogens with one attached hydrogen (secondary N) is 1. The van der Waals surface area contributed by atoms with Crippen molar-refractivity contribution in [2.24, 2.45) is 0 Å². The molecule has 0 spiro atoms. The van der Waals surface area contributed by atoms with Gasteiger partial charge in [-0.3, -0.25) is 9.10 Å². The third kappa shape index (κ3) is 5.78. The lowest BCUT2D eigenvalue weighted by Crippen LogP contribution is -2.47. The number of anilines is 1. The molecule has 1 N–H and O–H groups in total. The predicted octanol–water partition coefficient (Wildman–Crippen LogP) is 5.62. The fraction of sp³-hybridized carbons (Fsp3) is 0.345. The molecule has 3 aromatic rings. The summed E-state index contributed by atoms with van der Waals surface area (Å²) in [5, 5.41) is 3.04. The zero-order valence-corrected chi connectivity index (χ0v) is 22.6. The van der Waals surface area contributed by atoms with Crippen molar-refractivity contribution >= 4 is 21.6 Å². The van der Waals surface area contributed by atoms with Crippen LogP contribution in [0.1, 0.15) is 51.6 Å². The molecule has 7 nitrogen and oxygen atoms in total. The normalized spacial score (nSPS) is 16.2. The highest BCUT2D eigenvalue weighted by molar-refractivity contribution is 7.92. The quantitative estimate of drug-likeness (QED) is 0.361. The largest absolute Gasteiger partial charge is 0.494 e. The van der Waals surface area contributed by atoms with Gasteiger partial charge >= 0.3 is 0 Å². The summed E-state index contributed by atoms with van der Waals surface area (Å²) >= 11 is 0. The first-order valence-electron chi connectivity index (χ1n) is 12.8. The van der Waals surface area contributed by atoms with E-state index in [4.69, 9.17) is 9.47 Å². The maximum atomic E-state index is 13.7. The Morgan fingerprint density at radius 3 is 2.32 bits per heavy atom.